The van der Waals surface area contributed by atoms with Gasteiger partial charge in [0, 0.05) is 19.6 Å². The van der Waals surface area contributed by atoms with E-state index in [-0.39, 0.29) is 5.91 Å². The molecule has 21 heavy (non-hydrogen) atoms. The zero-order valence-electron chi connectivity index (χ0n) is 13.6. The Balaban J connectivity index is 1.90. The Morgan fingerprint density at radius 1 is 1.19 bits per heavy atom. The molecule has 0 heterocycles. The molecule has 1 aliphatic carbocycles. The molecule has 1 saturated carbocycles. The van der Waals surface area contributed by atoms with Crippen LogP contribution in [0, 0.1) is 5.41 Å². The predicted octanol–water partition coefficient (Wildman–Crippen LogP) is 3.12. The van der Waals surface area contributed by atoms with Gasteiger partial charge in [0.1, 0.15) is 0 Å². The summed E-state index contributed by atoms with van der Waals surface area (Å²) in [5, 5.41) is 0. The highest BCUT2D eigenvalue weighted by molar-refractivity contribution is 5.78. The molecule has 0 radical (unpaired) electrons. The summed E-state index contributed by atoms with van der Waals surface area (Å²) in [4.78, 5) is 14.4. The molecule has 0 bridgehead atoms. The Labute approximate surface area is 128 Å². The number of hydrogen-bond acceptors (Lipinski definition) is 2. The Bertz CT molecular complexity index is 468. The van der Waals surface area contributed by atoms with Crippen LogP contribution < -0.4 is 5.73 Å². The summed E-state index contributed by atoms with van der Waals surface area (Å²) in [6, 6.07) is 8.45. The third-order valence-electron chi connectivity index (χ3n) is 4.86. The van der Waals surface area contributed by atoms with E-state index in [2.05, 4.69) is 13.8 Å². The molecule has 0 unspecified atom stereocenters. The molecule has 1 aromatic carbocycles. The van der Waals surface area contributed by atoms with Gasteiger partial charge in [-0.2, -0.15) is 0 Å². The van der Waals surface area contributed by atoms with Gasteiger partial charge in [-0.15, -0.1) is 0 Å². The number of carbonyl (C=O) groups excluding carboxylic acids is 1. The van der Waals surface area contributed by atoms with E-state index in [1.165, 1.54) is 12.8 Å². The van der Waals surface area contributed by atoms with Gasteiger partial charge in [0.25, 0.3) is 0 Å². The van der Waals surface area contributed by atoms with Crippen LogP contribution in [0.3, 0.4) is 0 Å². The first kappa shape index (κ1) is 16.0. The first-order chi connectivity index (χ1) is 9.91. The van der Waals surface area contributed by atoms with E-state index in [1.54, 1.807) is 0 Å². The number of nitrogens with two attached hydrogens (primary N) is 1. The van der Waals surface area contributed by atoms with Crippen LogP contribution in [0.5, 0.6) is 0 Å². The molecule has 2 N–H and O–H groups in total. The summed E-state index contributed by atoms with van der Waals surface area (Å²) < 4.78 is 0. The van der Waals surface area contributed by atoms with E-state index in [0.717, 1.165) is 24.0 Å². The van der Waals surface area contributed by atoms with Crippen molar-refractivity contribution in [3.8, 4) is 0 Å². The van der Waals surface area contributed by atoms with Crippen LogP contribution in [0.1, 0.15) is 50.7 Å². The second-order valence-corrected chi connectivity index (χ2v) is 7.10. The van der Waals surface area contributed by atoms with Gasteiger partial charge < -0.3 is 10.6 Å². The van der Waals surface area contributed by atoms with Crippen molar-refractivity contribution in [1.82, 2.24) is 4.90 Å². The van der Waals surface area contributed by atoms with Gasteiger partial charge in [0.15, 0.2) is 0 Å². The third-order valence-corrected chi connectivity index (χ3v) is 4.86. The van der Waals surface area contributed by atoms with Gasteiger partial charge in [-0.25, -0.2) is 0 Å². The molecule has 2 rings (SSSR count). The number of nitrogens with zero attached hydrogens (tertiary/aromatic N) is 1. The maximum atomic E-state index is 12.4. The van der Waals surface area contributed by atoms with Crippen molar-refractivity contribution in [2.45, 2.75) is 58.5 Å². The summed E-state index contributed by atoms with van der Waals surface area (Å²) in [5.74, 6) is 0.222. The fourth-order valence-corrected chi connectivity index (χ4v) is 3.07. The average molecular weight is 288 g/mol. The smallest absolute Gasteiger partial charge is 0.226 e. The van der Waals surface area contributed by atoms with Crippen molar-refractivity contribution < 1.29 is 4.79 Å². The maximum Gasteiger partial charge on any atom is 0.226 e. The van der Waals surface area contributed by atoms with Crippen LogP contribution in [0.2, 0.25) is 0 Å². The van der Waals surface area contributed by atoms with E-state index in [4.69, 9.17) is 5.73 Å². The fraction of sp³-hybridized carbons (Fsp3) is 0.611. The maximum absolute atomic E-state index is 12.4. The fourth-order valence-electron chi connectivity index (χ4n) is 3.07. The monoisotopic (exact) mass is 288 g/mol. The second-order valence-electron chi connectivity index (χ2n) is 7.10. The van der Waals surface area contributed by atoms with Crippen LogP contribution in [0.25, 0.3) is 0 Å². The van der Waals surface area contributed by atoms with E-state index < -0.39 is 0 Å². The van der Waals surface area contributed by atoms with Crippen molar-refractivity contribution >= 4 is 5.91 Å². The van der Waals surface area contributed by atoms with Gasteiger partial charge in [-0.1, -0.05) is 38.1 Å². The molecule has 1 amide bonds. The standard InChI is InChI=1S/C18H28N2O/c1-18(2)10-8-16(9-11-18)20(3)17(21)12-14-4-6-15(13-19)7-5-14/h4-7,16H,8-13,19H2,1-3H3. The molecule has 0 spiro atoms. The van der Waals surface area contributed by atoms with Crippen LogP contribution >= 0.6 is 0 Å². The molecular formula is C18H28N2O. The van der Waals surface area contributed by atoms with Gasteiger partial charge in [-0.05, 0) is 42.2 Å². The molecular weight excluding hydrogens is 260 g/mol. The quantitative estimate of drug-likeness (QED) is 0.925. The lowest BCUT2D eigenvalue weighted by atomic mass is 9.75. The summed E-state index contributed by atoms with van der Waals surface area (Å²) in [5.41, 5.74) is 8.21. The minimum absolute atomic E-state index is 0.222. The molecule has 0 atom stereocenters. The van der Waals surface area contributed by atoms with Crippen molar-refractivity contribution in [3.63, 3.8) is 0 Å². The van der Waals surface area contributed by atoms with Gasteiger partial charge in [0.05, 0.1) is 6.42 Å². The molecule has 0 saturated heterocycles. The van der Waals surface area contributed by atoms with Crippen LogP contribution in [0.15, 0.2) is 24.3 Å². The summed E-state index contributed by atoms with van der Waals surface area (Å²) in [6.07, 6.45) is 5.16. The highest BCUT2D eigenvalue weighted by Crippen LogP contribution is 2.36. The number of benzene rings is 1. The van der Waals surface area contributed by atoms with Gasteiger partial charge >= 0.3 is 0 Å². The third kappa shape index (κ3) is 4.31. The Morgan fingerprint density at radius 3 is 2.24 bits per heavy atom. The highest BCUT2D eigenvalue weighted by Gasteiger charge is 2.30. The second kappa shape index (κ2) is 6.61. The lowest BCUT2D eigenvalue weighted by Gasteiger charge is -2.38. The minimum Gasteiger partial charge on any atom is -0.342 e. The average Bonchev–Trinajstić information content (AvgIpc) is 2.47. The Kier molecular flexibility index (Phi) is 5.04. The molecule has 1 aliphatic rings. The number of carbonyl (C=O) groups is 1. The van der Waals surface area contributed by atoms with Crippen molar-refractivity contribution in [1.29, 1.82) is 0 Å². The molecule has 0 aromatic heterocycles. The van der Waals surface area contributed by atoms with E-state index in [0.29, 0.717) is 24.4 Å². The number of hydrogen-bond donors (Lipinski definition) is 1. The lowest BCUT2D eigenvalue weighted by Crippen LogP contribution is -2.41. The SMILES string of the molecule is CN(C(=O)Cc1ccc(CN)cc1)C1CCC(C)(C)CC1. The lowest BCUT2D eigenvalue weighted by molar-refractivity contribution is -0.132. The Morgan fingerprint density at radius 2 is 1.71 bits per heavy atom. The molecule has 3 nitrogen and oxygen atoms in total. The van der Waals surface area contributed by atoms with Gasteiger partial charge in [-0.3, -0.25) is 4.79 Å². The topological polar surface area (TPSA) is 46.3 Å². The summed E-state index contributed by atoms with van der Waals surface area (Å²) in [6.45, 7) is 5.19. The van der Waals surface area contributed by atoms with Gasteiger partial charge in [0.2, 0.25) is 5.91 Å². The van der Waals surface area contributed by atoms with Crippen LogP contribution in [-0.4, -0.2) is 23.9 Å². The zero-order chi connectivity index (χ0) is 15.5. The molecule has 1 aromatic rings. The van der Waals surface area contributed by atoms with E-state index in [9.17, 15) is 4.79 Å². The van der Waals surface area contributed by atoms with Crippen molar-refractivity contribution in [3.05, 3.63) is 35.4 Å². The predicted molar refractivity (Wildman–Crippen MR) is 86.8 cm³/mol. The van der Waals surface area contributed by atoms with E-state index >= 15 is 0 Å². The molecule has 116 valence electrons. The van der Waals surface area contributed by atoms with Crippen LogP contribution in [-0.2, 0) is 17.8 Å². The van der Waals surface area contributed by atoms with E-state index in [1.807, 2.05) is 36.2 Å². The summed E-state index contributed by atoms with van der Waals surface area (Å²) >= 11 is 0. The molecule has 0 aliphatic heterocycles. The number of rotatable bonds is 4. The van der Waals surface area contributed by atoms with Crippen LogP contribution in [0.4, 0.5) is 0 Å². The molecule has 3 heteroatoms. The highest BCUT2D eigenvalue weighted by atomic mass is 16.2. The normalized spacial score (nSPS) is 18.5. The summed E-state index contributed by atoms with van der Waals surface area (Å²) in [7, 11) is 1.96. The molecule has 1 fully saturated rings. The van der Waals surface area contributed by atoms with Crippen molar-refractivity contribution in [2.75, 3.05) is 7.05 Å². The zero-order valence-corrected chi connectivity index (χ0v) is 13.6. The largest absolute Gasteiger partial charge is 0.342 e. The minimum atomic E-state index is 0.222. The number of amides is 1. The Hall–Kier alpha value is -1.35. The first-order valence-electron chi connectivity index (χ1n) is 7.95. The van der Waals surface area contributed by atoms with Crippen molar-refractivity contribution in [2.24, 2.45) is 11.1 Å². The first-order valence-corrected chi connectivity index (χ1v) is 7.95. The number of likely N-dealkylation sites (N-methyl/N-ethyl adjacent to an activating group) is 1.